The van der Waals surface area contributed by atoms with E-state index in [-0.39, 0.29) is 19.2 Å². The molecule has 0 saturated carbocycles. The Hall–Kier alpha value is -0.810. The average molecular weight is 535 g/mol. The van der Waals surface area contributed by atoms with Crippen molar-refractivity contribution in [1.29, 1.82) is 0 Å². The Bertz CT molecular complexity index is 546. The minimum absolute atomic E-state index is 0.109. The molecule has 1 fully saturated rings. The molecule has 9 heteroatoms. The summed E-state index contributed by atoms with van der Waals surface area (Å²) in [4.78, 5) is 12.5. The first kappa shape index (κ1) is 34.2. The summed E-state index contributed by atoms with van der Waals surface area (Å²) in [5, 5.41) is 39.5. The number of ether oxygens (including phenoxy) is 4. The summed E-state index contributed by atoms with van der Waals surface area (Å²) in [6, 6.07) is 0. The highest BCUT2D eigenvalue weighted by molar-refractivity contribution is 5.69. The summed E-state index contributed by atoms with van der Waals surface area (Å²) in [6.45, 7) is 4.44. The lowest BCUT2D eigenvalue weighted by atomic mass is 9.99. The fourth-order valence-electron chi connectivity index (χ4n) is 4.37. The van der Waals surface area contributed by atoms with Crippen LogP contribution in [0.5, 0.6) is 0 Å². The van der Waals surface area contributed by atoms with Crippen LogP contribution in [0.25, 0.3) is 0 Å². The first-order valence-electron chi connectivity index (χ1n) is 14.6. The molecule has 0 aromatic heterocycles. The van der Waals surface area contributed by atoms with Crippen molar-refractivity contribution < 1.29 is 44.2 Å². The summed E-state index contributed by atoms with van der Waals surface area (Å²) in [6.07, 6.45) is 8.75. The van der Waals surface area contributed by atoms with Gasteiger partial charge in [0.15, 0.2) is 6.29 Å². The summed E-state index contributed by atoms with van der Waals surface area (Å²) < 4.78 is 22.4. The van der Waals surface area contributed by atoms with Crippen LogP contribution in [-0.4, -0.2) is 89.6 Å². The Labute approximate surface area is 223 Å². The van der Waals surface area contributed by atoms with Crippen molar-refractivity contribution in [2.24, 2.45) is 0 Å². The average Bonchev–Trinajstić information content (AvgIpc) is 2.89. The van der Waals surface area contributed by atoms with E-state index >= 15 is 0 Å². The van der Waals surface area contributed by atoms with Crippen LogP contribution in [0.15, 0.2) is 0 Å². The molecule has 0 spiro atoms. The molecule has 9 nitrogen and oxygen atoms in total. The van der Waals surface area contributed by atoms with Crippen LogP contribution < -0.4 is 0 Å². The van der Waals surface area contributed by atoms with Crippen LogP contribution in [0.4, 0.5) is 0 Å². The second kappa shape index (κ2) is 22.1. The topological polar surface area (TPSA) is 135 Å². The Kier molecular flexibility index (Phi) is 20.4. The monoisotopic (exact) mass is 534 g/mol. The van der Waals surface area contributed by atoms with Gasteiger partial charge in [-0.1, -0.05) is 90.9 Å². The number of rotatable bonds is 23. The van der Waals surface area contributed by atoms with Gasteiger partial charge in [0, 0.05) is 13.0 Å². The molecular formula is C28H54O9. The zero-order chi connectivity index (χ0) is 27.3. The predicted octanol–water partition coefficient (Wildman–Crippen LogP) is 3.62. The van der Waals surface area contributed by atoms with Gasteiger partial charge in [-0.15, -0.1) is 0 Å². The fourth-order valence-corrected chi connectivity index (χ4v) is 4.37. The molecule has 0 aromatic carbocycles. The first-order chi connectivity index (χ1) is 17.9. The van der Waals surface area contributed by atoms with Gasteiger partial charge in [0.1, 0.15) is 30.5 Å². The van der Waals surface area contributed by atoms with E-state index in [1.807, 2.05) is 0 Å². The van der Waals surface area contributed by atoms with Crippen molar-refractivity contribution >= 4 is 5.97 Å². The van der Waals surface area contributed by atoms with Gasteiger partial charge in [0.05, 0.1) is 19.8 Å². The molecule has 0 aromatic rings. The van der Waals surface area contributed by atoms with E-state index in [4.69, 9.17) is 18.9 Å². The highest BCUT2D eigenvalue weighted by Gasteiger charge is 2.44. The maximum atomic E-state index is 12.5. The lowest BCUT2D eigenvalue weighted by Gasteiger charge is -2.39. The molecule has 37 heavy (non-hydrogen) atoms. The third-order valence-electron chi connectivity index (χ3n) is 6.77. The van der Waals surface area contributed by atoms with Crippen LogP contribution >= 0.6 is 0 Å². The number of aliphatic hydroxyl groups is 4. The summed E-state index contributed by atoms with van der Waals surface area (Å²) >= 11 is 0. The lowest BCUT2D eigenvalue weighted by molar-refractivity contribution is -0.305. The standard InChI is InChI=1S/C28H54O9/c1-3-5-7-9-11-12-13-15-17-24(30)36-22(20-34-18-16-14-10-8-6-4-2)21-35-28-27(33)26(32)25(31)23(19-29)37-28/h22-23,25-29,31-33H,3-21H2,1-2H3. The van der Waals surface area contributed by atoms with E-state index in [1.165, 1.54) is 57.8 Å². The van der Waals surface area contributed by atoms with Gasteiger partial charge < -0.3 is 39.4 Å². The second-order valence-corrected chi connectivity index (χ2v) is 10.2. The maximum absolute atomic E-state index is 12.5. The SMILES string of the molecule is CCCCCCCCCCC(=O)OC(COCCCCCCCC)COC1OC(CO)C(O)C(O)C1O. The van der Waals surface area contributed by atoms with Gasteiger partial charge in [-0.05, 0) is 12.8 Å². The molecule has 1 heterocycles. The van der Waals surface area contributed by atoms with E-state index in [2.05, 4.69) is 13.8 Å². The molecule has 0 radical (unpaired) electrons. The third-order valence-corrected chi connectivity index (χ3v) is 6.77. The Morgan fingerprint density at radius 2 is 1.32 bits per heavy atom. The summed E-state index contributed by atoms with van der Waals surface area (Å²) in [5.74, 6) is -0.323. The highest BCUT2D eigenvalue weighted by Crippen LogP contribution is 2.22. The third kappa shape index (κ3) is 15.4. The quantitative estimate of drug-likeness (QED) is 0.114. The van der Waals surface area contributed by atoms with Crippen molar-refractivity contribution in [3.05, 3.63) is 0 Å². The summed E-state index contributed by atoms with van der Waals surface area (Å²) in [7, 11) is 0. The number of esters is 1. The molecule has 1 aliphatic rings. The normalized spacial score (nSPS) is 24.8. The highest BCUT2D eigenvalue weighted by atomic mass is 16.7. The number of hydrogen-bond donors (Lipinski definition) is 4. The molecule has 6 atom stereocenters. The Balaban J connectivity index is 2.45. The molecule has 6 unspecified atom stereocenters. The van der Waals surface area contributed by atoms with Gasteiger partial charge in [-0.2, -0.15) is 0 Å². The minimum Gasteiger partial charge on any atom is -0.457 e. The van der Waals surface area contributed by atoms with Crippen LogP contribution in [0.1, 0.15) is 110 Å². The maximum Gasteiger partial charge on any atom is 0.306 e. The van der Waals surface area contributed by atoms with E-state index < -0.39 is 43.4 Å². The number of aliphatic hydroxyl groups excluding tert-OH is 4. The van der Waals surface area contributed by atoms with Crippen LogP contribution in [0, 0.1) is 0 Å². The largest absolute Gasteiger partial charge is 0.457 e. The molecule has 0 bridgehead atoms. The van der Waals surface area contributed by atoms with E-state index in [0.29, 0.717) is 13.0 Å². The molecule has 1 aliphatic heterocycles. The van der Waals surface area contributed by atoms with Gasteiger partial charge >= 0.3 is 5.97 Å². The molecule has 1 saturated heterocycles. The molecule has 0 aliphatic carbocycles. The van der Waals surface area contributed by atoms with Gasteiger partial charge in [-0.25, -0.2) is 0 Å². The van der Waals surface area contributed by atoms with E-state index in [9.17, 15) is 25.2 Å². The smallest absolute Gasteiger partial charge is 0.306 e. The van der Waals surface area contributed by atoms with Crippen molar-refractivity contribution in [1.82, 2.24) is 0 Å². The molecule has 4 N–H and O–H groups in total. The zero-order valence-corrected chi connectivity index (χ0v) is 23.2. The Morgan fingerprint density at radius 1 is 0.757 bits per heavy atom. The van der Waals surface area contributed by atoms with Crippen molar-refractivity contribution in [2.45, 2.75) is 147 Å². The number of hydrogen-bond acceptors (Lipinski definition) is 9. The number of carbonyl (C=O) groups excluding carboxylic acids is 1. The molecule has 0 amide bonds. The minimum atomic E-state index is -1.53. The number of carbonyl (C=O) groups is 1. The van der Waals surface area contributed by atoms with Gasteiger partial charge in [-0.3, -0.25) is 4.79 Å². The van der Waals surface area contributed by atoms with Crippen LogP contribution in [0.3, 0.4) is 0 Å². The van der Waals surface area contributed by atoms with Crippen molar-refractivity contribution in [3.63, 3.8) is 0 Å². The molecule has 220 valence electrons. The molecule has 1 rings (SSSR count). The van der Waals surface area contributed by atoms with Crippen molar-refractivity contribution in [3.8, 4) is 0 Å². The van der Waals surface area contributed by atoms with Gasteiger partial charge in [0.25, 0.3) is 0 Å². The lowest BCUT2D eigenvalue weighted by Crippen LogP contribution is -2.59. The first-order valence-corrected chi connectivity index (χ1v) is 14.6. The zero-order valence-electron chi connectivity index (χ0n) is 23.2. The molecular weight excluding hydrogens is 480 g/mol. The van der Waals surface area contributed by atoms with Crippen LogP contribution in [0.2, 0.25) is 0 Å². The fraction of sp³-hybridized carbons (Fsp3) is 0.964. The predicted molar refractivity (Wildman–Crippen MR) is 141 cm³/mol. The van der Waals surface area contributed by atoms with Gasteiger partial charge in [0.2, 0.25) is 0 Å². The summed E-state index contributed by atoms with van der Waals surface area (Å²) in [5.41, 5.74) is 0. The van der Waals surface area contributed by atoms with E-state index in [1.54, 1.807) is 0 Å². The second-order valence-electron chi connectivity index (χ2n) is 10.2. The van der Waals surface area contributed by atoms with E-state index in [0.717, 1.165) is 32.1 Å². The Morgan fingerprint density at radius 3 is 1.92 bits per heavy atom. The number of unbranched alkanes of at least 4 members (excludes halogenated alkanes) is 12. The van der Waals surface area contributed by atoms with Crippen LogP contribution in [-0.2, 0) is 23.7 Å². The van der Waals surface area contributed by atoms with Crippen molar-refractivity contribution in [2.75, 3.05) is 26.4 Å².